The Morgan fingerprint density at radius 3 is 2.69 bits per heavy atom. The molecule has 0 aliphatic heterocycles. The highest BCUT2D eigenvalue weighted by atomic mass is 16.5. The molecule has 0 aliphatic carbocycles. The first kappa shape index (κ1) is 15.3. The van der Waals surface area contributed by atoms with Gasteiger partial charge in [-0.2, -0.15) is 0 Å². The predicted octanol–water partition coefficient (Wildman–Crippen LogP) is -0.125. The van der Waals surface area contributed by atoms with Crippen molar-refractivity contribution in [3.8, 4) is 0 Å². The lowest BCUT2D eigenvalue weighted by Gasteiger charge is -2.21. The summed E-state index contributed by atoms with van der Waals surface area (Å²) in [6, 6.07) is 0. The molecule has 0 rings (SSSR count). The van der Waals surface area contributed by atoms with Gasteiger partial charge >= 0.3 is 5.97 Å². The first-order valence-corrected chi connectivity index (χ1v) is 5.70. The Bertz CT molecular complexity index is 207. The van der Waals surface area contributed by atoms with Crippen molar-refractivity contribution < 1.29 is 14.6 Å². The van der Waals surface area contributed by atoms with Gasteiger partial charge in [0.2, 0.25) is 0 Å². The lowest BCUT2D eigenvalue weighted by Crippen LogP contribution is -2.35. The lowest BCUT2D eigenvalue weighted by atomic mass is 9.91. The summed E-state index contributed by atoms with van der Waals surface area (Å²) in [7, 11) is 0. The fourth-order valence-corrected chi connectivity index (χ4v) is 0.941. The second-order valence-corrected chi connectivity index (χ2v) is 4.48. The third-order valence-electron chi connectivity index (χ3n) is 2.54. The molecule has 0 saturated carbocycles. The number of hydrogen-bond acceptors (Lipinski definition) is 5. The van der Waals surface area contributed by atoms with E-state index in [0.29, 0.717) is 26.1 Å². The van der Waals surface area contributed by atoms with Gasteiger partial charge in [0.1, 0.15) is 12.7 Å². The van der Waals surface area contributed by atoms with Gasteiger partial charge in [0.15, 0.2) is 0 Å². The van der Waals surface area contributed by atoms with Crippen LogP contribution in [0.4, 0.5) is 0 Å². The van der Waals surface area contributed by atoms with E-state index >= 15 is 0 Å². The summed E-state index contributed by atoms with van der Waals surface area (Å²) in [6.45, 7) is 7.17. The summed E-state index contributed by atoms with van der Waals surface area (Å²) in [6.07, 6.45) is 0.0380. The highest BCUT2D eigenvalue weighted by Crippen LogP contribution is 2.21. The Morgan fingerprint density at radius 2 is 2.19 bits per heavy atom. The molecule has 5 nitrogen and oxygen atoms in total. The summed E-state index contributed by atoms with van der Waals surface area (Å²) < 4.78 is 5.03. The van der Waals surface area contributed by atoms with Crippen LogP contribution in [0.1, 0.15) is 27.2 Å². The third kappa shape index (κ3) is 6.05. The van der Waals surface area contributed by atoms with Crippen LogP contribution in [-0.4, -0.2) is 43.4 Å². The summed E-state index contributed by atoms with van der Waals surface area (Å²) in [4.78, 5) is 11.6. The molecule has 5 heteroatoms. The van der Waals surface area contributed by atoms with Gasteiger partial charge in [0, 0.05) is 19.6 Å². The Balaban J connectivity index is 3.75. The summed E-state index contributed by atoms with van der Waals surface area (Å²) in [5.41, 5.74) is 4.80. The first-order valence-electron chi connectivity index (χ1n) is 5.70. The molecule has 0 aromatic heterocycles. The van der Waals surface area contributed by atoms with Crippen molar-refractivity contribution >= 4 is 5.97 Å². The van der Waals surface area contributed by atoms with Crippen LogP contribution in [0.3, 0.4) is 0 Å². The quantitative estimate of drug-likeness (QED) is 0.401. The summed E-state index contributed by atoms with van der Waals surface area (Å²) >= 11 is 0. The van der Waals surface area contributed by atoms with Crippen LogP contribution in [0.5, 0.6) is 0 Å². The van der Waals surface area contributed by atoms with E-state index in [9.17, 15) is 9.90 Å². The molecular formula is C11H24N2O3. The van der Waals surface area contributed by atoms with E-state index in [4.69, 9.17) is 10.5 Å². The molecule has 0 aliphatic rings. The Labute approximate surface area is 97.3 Å². The topological polar surface area (TPSA) is 84.6 Å². The van der Waals surface area contributed by atoms with E-state index in [1.165, 1.54) is 0 Å². The fourth-order valence-electron chi connectivity index (χ4n) is 0.941. The van der Waals surface area contributed by atoms with Crippen LogP contribution in [0.25, 0.3) is 0 Å². The fraction of sp³-hybridized carbons (Fsp3) is 0.909. The number of carbonyl (C=O) groups excluding carboxylic acids is 1. The Hall–Kier alpha value is -0.650. The van der Waals surface area contributed by atoms with Gasteiger partial charge in [-0.25, -0.2) is 0 Å². The average molecular weight is 232 g/mol. The number of carbonyl (C=O) groups is 1. The Morgan fingerprint density at radius 1 is 1.56 bits per heavy atom. The van der Waals surface area contributed by atoms with Crippen molar-refractivity contribution in [2.75, 3.05) is 26.2 Å². The molecular weight excluding hydrogens is 208 g/mol. The van der Waals surface area contributed by atoms with Gasteiger partial charge < -0.3 is 20.9 Å². The van der Waals surface area contributed by atoms with Gasteiger partial charge in [-0.3, -0.25) is 4.79 Å². The van der Waals surface area contributed by atoms with Gasteiger partial charge in [-0.1, -0.05) is 6.92 Å². The minimum Gasteiger partial charge on any atom is -0.462 e. The molecule has 0 bridgehead atoms. The molecule has 0 radical (unpaired) electrons. The van der Waals surface area contributed by atoms with Crippen LogP contribution in [0.2, 0.25) is 0 Å². The number of aliphatic hydroxyl groups is 1. The molecule has 0 aromatic carbocycles. The van der Waals surface area contributed by atoms with E-state index < -0.39 is 11.5 Å². The van der Waals surface area contributed by atoms with Crippen LogP contribution in [-0.2, 0) is 9.53 Å². The maximum absolute atomic E-state index is 11.6. The van der Waals surface area contributed by atoms with Crippen molar-refractivity contribution in [1.82, 2.24) is 5.32 Å². The monoisotopic (exact) mass is 232 g/mol. The van der Waals surface area contributed by atoms with E-state index in [0.717, 1.165) is 0 Å². The second kappa shape index (κ2) is 7.60. The maximum Gasteiger partial charge on any atom is 0.311 e. The van der Waals surface area contributed by atoms with Gasteiger partial charge in [0.25, 0.3) is 0 Å². The molecule has 0 spiro atoms. The zero-order valence-electron chi connectivity index (χ0n) is 10.5. The minimum absolute atomic E-state index is 0.0276. The molecule has 1 unspecified atom stereocenters. The van der Waals surface area contributed by atoms with Crippen molar-refractivity contribution in [2.45, 2.75) is 33.3 Å². The van der Waals surface area contributed by atoms with Crippen molar-refractivity contribution in [3.63, 3.8) is 0 Å². The molecule has 96 valence electrons. The molecule has 0 aromatic rings. The van der Waals surface area contributed by atoms with E-state index in [-0.39, 0.29) is 12.6 Å². The molecule has 4 N–H and O–H groups in total. The van der Waals surface area contributed by atoms with Crippen LogP contribution < -0.4 is 11.1 Å². The van der Waals surface area contributed by atoms with Gasteiger partial charge in [0.05, 0.1) is 5.41 Å². The predicted molar refractivity (Wildman–Crippen MR) is 63.0 cm³/mol. The number of nitrogens with one attached hydrogen (secondary N) is 1. The Kier molecular flexibility index (Phi) is 7.29. The number of rotatable bonds is 8. The molecule has 0 heterocycles. The molecule has 0 saturated heterocycles. The molecule has 16 heavy (non-hydrogen) atoms. The normalized spacial score (nSPS) is 13.6. The van der Waals surface area contributed by atoms with E-state index in [1.54, 1.807) is 0 Å². The largest absolute Gasteiger partial charge is 0.462 e. The number of nitrogens with two attached hydrogens (primary N) is 1. The summed E-state index contributed by atoms with van der Waals surface area (Å²) in [5, 5.41) is 12.4. The maximum atomic E-state index is 11.6. The minimum atomic E-state index is -0.678. The number of hydrogen-bond donors (Lipinski definition) is 3. The SMILES string of the molecule is CCC(C)(C)C(=O)OCC(O)CNCCN. The lowest BCUT2D eigenvalue weighted by molar-refractivity contribution is -0.157. The van der Waals surface area contributed by atoms with Crippen molar-refractivity contribution in [3.05, 3.63) is 0 Å². The highest BCUT2D eigenvalue weighted by Gasteiger charge is 2.27. The second-order valence-electron chi connectivity index (χ2n) is 4.48. The van der Waals surface area contributed by atoms with Crippen LogP contribution in [0, 0.1) is 5.41 Å². The zero-order chi connectivity index (χ0) is 12.6. The molecule has 1 atom stereocenters. The summed E-state index contributed by atoms with van der Waals surface area (Å²) in [5.74, 6) is -0.270. The third-order valence-corrected chi connectivity index (χ3v) is 2.54. The van der Waals surface area contributed by atoms with Crippen LogP contribution >= 0.6 is 0 Å². The van der Waals surface area contributed by atoms with Crippen molar-refractivity contribution in [1.29, 1.82) is 0 Å². The van der Waals surface area contributed by atoms with Crippen LogP contribution in [0.15, 0.2) is 0 Å². The molecule has 0 fully saturated rings. The highest BCUT2D eigenvalue weighted by molar-refractivity contribution is 5.75. The number of aliphatic hydroxyl groups excluding tert-OH is 1. The zero-order valence-corrected chi connectivity index (χ0v) is 10.5. The number of esters is 1. The van der Waals surface area contributed by atoms with Gasteiger partial charge in [-0.05, 0) is 20.3 Å². The van der Waals surface area contributed by atoms with Gasteiger partial charge in [-0.15, -0.1) is 0 Å². The van der Waals surface area contributed by atoms with E-state index in [1.807, 2.05) is 20.8 Å². The van der Waals surface area contributed by atoms with Crippen molar-refractivity contribution in [2.24, 2.45) is 11.1 Å². The standard InChI is InChI=1S/C11H24N2O3/c1-4-11(2,3)10(15)16-8-9(14)7-13-6-5-12/h9,13-14H,4-8,12H2,1-3H3. The van der Waals surface area contributed by atoms with E-state index in [2.05, 4.69) is 5.32 Å². The first-order chi connectivity index (χ1) is 7.44. The average Bonchev–Trinajstić information content (AvgIpc) is 2.26. The molecule has 0 amide bonds. The smallest absolute Gasteiger partial charge is 0.311 e. The number of ether oxygens (including phenoxy) is 1.